The third-order valence-electron chi connectivity index (χ3n) is 6.32. The van der Waals surface area contributed by atoms with Crippen molar-refractivity contribution in [3.63, 3.8) is 0 Å². The Bertz CT molecular complexity index is 1710. The lowest BCUT2D eigenvalue weighted by Crippen LogP contribution is -2.35. The molecule has 296 valence electrons. The van der Waals surface area contributed by atoms with E-state index in [0.717, 1.165) is 13.8 Å². The van der Waals surface area contributed by atoms with Crippen molar-refractivity contribution in [2.75, 3.05) is 60.8 Å². The molecule has 6 amide bonds. The number of carbonyl (C=O) groups excluding carboxylic acids is 7. The predicted molar refractivity (Wildman–Crippen MR) is 243 cm³/mol. The molecule has 0 radical (unpaired) electrons. The maximum Gasteiger partial charge on any atom is 0.323 e. The molecule has 0 saturated heterocycles. The predicted octanol–water partition coefficient (Wildman–Crippen LogP) is 2.13. The van der Waals surface area contributed by atoms with Crippen LogP contribution in [0.4, 0.5) is 27.5 Å². The summed E-state index contributed by atoms with van der Waals surface area (Å²) in [7, 11) is 0. The highest BCUT2D eigenvalue weighted by molar-refractivity contribution is 14.1. The van der Waals surface area contributed by atoms with Crippen LogP contribution in [0, 0.1) is 21.4 Å². The number of aliphatic hydroxyl groups is 4. The van der Waals surface area contributed by atoms with Gasteiger partial charge in [-0.25, -0.2) is 4.79 Å². The summed E-state index contributed by atoms with van der Waals surface area (Å²) in [5.74, 6) is -4.41. The van der Waals surface area contributed by atoms with Gasteiger partial charge in [0.05, 0.1) is 80.7 Å². The largest absolute Gasteiger partial charge is 0.456 e. The zero-order valence-corrected chi connectivity index (χ0v) is 40.6. The average Bonchev–Trinajstić information content (AvgIpc) is 3.11. The molecule has 2 aromatic carbocycles. The van der Waals surface area contributed by atoms with Crippen LogP contribution in [-0.4, -0.2) is 114 Å². The van der Waals surface area contributed by atoms with E-state index >= 15 is 0 Å². The van der Waals surface area contributed by atoms with Crippen LogP contribution in [0.2, 0.25) is 0 Å². The SMILES string of the molecule is CC(=O)OCC(=O)Nc1c(I)c(NC(=O)Nc2c(I)c(NC(=O)COC(C)=O)c(I)c(C(=O)NCC(O)CO)c2I)c(I)c(C(=O)NCC(O)CO)c1I. The van der Waals surface area contributed by atoms with Crippen molar-refractivity contribution in [2.45, 2.75) is 26.1 Å². The number of ether oxygens (including phenoxy) is 2. The number of esters is 2. The van der Waals surface area contributed by atoms with Crippen LogP contribution in [0.1, 0.15) is 34.6 Å². The lowest BCUT2D eigenvalue weighted by atomic mass is 10.1. The van der Waals surface area contributed by atoms with E-state index in [1.165, 1.54) is 0 Å². The molecule has 0 spiro atoms. The molecule has 10 N–H and O–H groups in total. The van der Waals surface area contributed by atoms with Crippen LogP contribution in [-0.2, 0) is 28.7 Å². The average molecular weight is 1430 g/mol. The van der Waals surface area contributed by atoms with Gasteiger partial charge in [-0.15, -0.1) is 0 Å². The fraction of sp³-hybridized carbons (Fsp3) is 0.345. The van der Waals surface area contributed by atoms with Gasteiger partial charge in [0.25, 0.3) is 23.6 Å². The third kappa shape index (κ3) is 14.0. The fourth-order valence-corrected chi connectivity index (χ4v) is 12.2. The molecule has 19 nitrogen and oxygen atoms in total. The van der Waals surface area contributed by atoms with Gasteiger partial charge in [0.2, 0.25) is 0 Å². The van der Waals surface area contributed by atoms with Gasteiger partial charge in [0, 0.05) is 26.9 Å². The molecule has 0 fully saturated rings. The van der Waals surface area contributed by atoms with Gasteiger partial charge in [0.15, 0.2) is 13.2 Å². The molecule has 0 aromatic heterocycles. The van der Waals surface area contributed by atoms with E-state index in [2.05, 4.69) is 31.9 Å². The molecule has 0 bridgehead atoms. The lowest BCUT2D eigenvalue weighted by molar-refractivity contribution is -0.145. The van der Waals surface area contributed by atoms with Gasteiger partial charge in [0.1, 0.15) is 0 Å². The van der Waals surface area contributed by atoms with Crippen molar-refractivity contribution in [2.24, 2.45) is 0 Å². The molecular weight excluding hydrogens is 1400 g/mol. The Balaban J connectivity index is 2.70. The summed E-state index contributed by atoms with van der Waals surface area (Å²) in [6, 6.07) is -0.914. The summed E-state index contributed by atoms with van der Waals surface area (Å²) in [5, 5.41) is 53.4. The number of urea groups is 1. The fourth-order valence-electron chi connectivity index (χ4n) is 3.84. The van der Waals surface area contributed by atoms with E-state index in [4.69, 9.17) is 9.47 Å². The van der Waals surface area contributed by atoms with Gasteiger partial charge < -0.3 is 61.8 Å². The topological polar surface area (TPSA) is 291 Å². The summed E-state index contributed by atoms with van der Waals surface area (Å²) in [6.45, 7) is -1.00. The Kier molecular flexibility index (Phi) is 21.0. The highest BCUT2D eigenvalue weighted by Gasteiger charge is 2.30. The molecule has 25 heteroatoms. The van der Waals surface area contributed by atoms with Gasteiger partial charge in [-0.1, -0.05) is 0 Å². The summed E-state index contributed by atoms with van der Waals surface area (Å²) in [5.41, 5.74) is 0.145. The molecule has 2 atom stereocenters. The maximum absolute atomic E-state index is 13.8. The van der Waals surface area contributed by atoms with Crippen LogP contribution in [0.3, 0.4) is 0 Å². The monoisotopic (exact) mass is 1430 g/mol. The number of aliphatic hydroxyl groups excluding tert-OH is 4. The van der Waals surface area contributed by atoms with Crippen molar-refractivity contribution in [1.82, 2.24) is 10.6 Å². The number of amides is 6. The third-order valence-corrected chi connectivity index (χ3v) is 12.8. The summed E-state index contributed by atoms with van der Waals surface area (Å²) >= 11 is 10.9. The Morgan fingerprint density at radius 1 is 0.537 bits per heavy atom. The van der Waals surface area contributed by atoms with E-state index in [1.807, 2.05) is 136 Å². The Labute approximate surface area is 388 Å². The number of halogens is 6. The normalized spacial score (nSPS) is 11.8. The minimum absolute atomic E-state index is 0.0277. The summed E-state index contributed by atoms with van der Waals surface area (Å²) < 4.78 is 10.9. The zero-order chi connectivity index (χ0) is 41.0. The number of benzene rings is 2. The molecule has 0 aliphatic rings. The van der Waals surface area contributed by atoms with Crippen molar-refractivity contribution in [1.29, 1.82) is 0 Å². The van der Waals surface area contributed by atoms with Crippen LogP contribution in [0.15, 0.2) is 0 Å². The number of hydrogen-bond acceptors (Lipinski definition) is 13. The second kappa shape index (κ2) is 23.2. The smallest absolute Gasteiger partial charge is 0.323 e. The second-order valence-electron chi connectivity index (χ2n) is 10.5. The van der Waals surface area contributed by atoms with Gasteiger partial charge >= 0.3 is 18.0 Å². The first-order valence-corrected chi connectivity index (χ1v) is 21.2. The lowest BCUT2D eigenvalue weighted by Gasteiger charge is -2.22. The second-order valence-corrected chi connectivity index (χ2v) is 16.9. The molecule has 0 saturated carbocycles. The molecular formula is C29H30I6N6O13. The molecule has 0 aliphatic heterocycles. The molecule has 2 unspecified atom stereocenters. The maximum atomic E-state index is 13.8. The number of carbonyl (C=O) groups is 7. The van der Waals surface area contributed by atoms with Crippen LogP contribution in [0.5, 0.6) is 0 Å². The standard InChI is InChI=1S/C29H30I6N6O13/c1-9(44)53-7-13(48)38-23-17(30)15(27(50)36-3-11(46)5-42)19(32)25(21(23)34)40-29(52)41-26-20(33)16(28(51)37-4-12(47)6-43)18(31)24(22(26)35)39-14(49)8-54-10(2)45/h11-12,42-43,46-47H,3-8H2,1-2H3,(H,36,50)(H,37,51)(H,38,48)(H,39,49)(H2,40,41,52). The van der Waals surface area contributed by atoms with Crippen molar-refractivity contribution >= 4 is 200 Å². The highest BCUT2D eigenvalue weighted by Crippen LogP contribution is 2.41. The van der Waals surface area contributed by atoms with Crippen molar-refractivity contribution < 1.29 is 63.5 Å². The van der Waals surface area contributed by atoms with Gasteiger partial charge in [-0.05, 0) is 136 Å². The molecule has 54 heavy (non-hydrogen) atoms. The summed E-state index contributed by atoms with van der Waals surface area (Å²) in [4.78, 5) is 88.6. The van der Waals surface area contributed by atoms with E-state index in [-0.39, 0.29) is 68.4 Å². The van der Waals surface area contributed by atoms with E-state index in [1.54, 1.807) is 0 Å². The Morgan fingerprint density at radius 2 is 0.833 bits per heavy atom. The van der Waals surface area contributed by atoms with E-state index in [9.17, 15) is 54.0 Å². The van der Waals surface area contributed by atoms with Gasteiger partial charge in [-0.3, -0.25) is 28.8 Å². The van der Waals surface area contributed by atoms with Gasteiger partial charge in [-0.2, -0.15) is 0 Å². The molecule has 2 aromatic rings. The van der Waals surface area contributed by atoms with Crippen LogP contribution in [0.25, 0.3) is 0 Å². The molecule has 0 aliphatic carbocycles. The quantitative estimate of drug-likeness (QED) is 0.0853. The minimum Gasteiger partial charge on any atom is -0.456 e. The first kappa shape index (κ1) is 48.9. The summed E-state index contributed by atoms with van der Waals surface area (Å²) in [6.07, 6.45) is -2.55. The zero-order valence-electron chi connectivity index (χ0n) is 27.6. The first-order chi connectivity index (χ1) is 25.2. The van der Waals surface area contributed by atoms with Crippen LogP contribution >= 0.6 is 136 Å². The Hall–Kier alpha value is -1.25. The minimum atomic E-state index is -1.28. The van der Waals surface area contributed by atoms with Crippen LogP contribution < -0.4 is 31.9 Å². The number of hydrogen-bond donors (Lipinski definition) is 10. The number of nitrogens with one attached hydrogen (secondary N) is 6. The van der Waals surface area contributed by atoms with Crippen molar-refractivity contribution in [3.05, 3.63) is 32.5 Å². The van der Waals surface area contributed by atoms with Crippen molar-refractivity contribution in [3.8, 4) is 0 Å². The highest BCUT2D eigenvalue weighted by atomic mass is 127. The number of rotatable bonds is 16. The molecule has 2 rings (SSSR count). The first-order valence-electron chi connectivity index (χ1n) is 14.7. The van der Waals surface area contributed by atoms with E-state index in [0.29, 0.717) is 0 Å². The van der Waals surface area contributed by atoms with E-state index < -0.39 is 80.2 Å². The Morgan fingerprint density at radius 3 is 1.11 bits per heavy atom. The number of anilines is 4. The molecule has 0 heterocycles.